The van der Waals surface area contributed by atoms with E-state index < -0.39 is 0 Å². The van der Waals surface area contributed by atoms with E-state index in [1.165, 1.54) is 0 Å². The van der Waals surface area contributed by atoms with Crippen molar-refractivity contribution < 1.29 is 0 Å². The Labute approximate surface area is 46.2 Å². The van der Waals surface area contributed by atoms with Gasteiger partial charge in [-0.15, -0.1) is 0 Å². The van der Waals surface area contributed by atoms with Crippen LogP contribution in [-0.2, 0) is 0 Å². The van der Waals surface area contributed by atoms with Crippen LogP contribution in [0.4, 0.5) is 0 Å². The highest BCUT2D eigenvalue weighted by Crippen LogP contribution is 2.13. The van der Waals surface area contributed by atoms with Gasteiger partial charge >= 0.3 is 0 Å². The molecule has 0 unspecified atom stereocenters. The molecule has 0 saturated heterocycles. The van der Waals surface area contributed by atoms with Gasteiger partial charge in [0.05, 0.1) is 0 Å². The molecular formula is C7H13. The number of allylic oxidation sites excluding steroid dienone is 2. The molecule has 0 bridgehead atoms. The predicted molar refractivity (Wildman–Crippen MR) is 34.0 cm³/mol. The van der Waals surface area contributed by atoms with E-state index in [2.05, 4.69) is 33.8 Å². The zero-order valence-electron chi connectivity index (χ0n) is 5.36. The van der Waals surface area contributed by atoms with E-state index in [9.17, 15) is 0 Å². The van der Waals surface area contributed by atoms with Gasteiger partial charge in [-0.2, -0.15) is 0 Å². The summed E-state index contributed by atoms with van der Waals surface area (Å²) in [6.07, 6.45) is 3.91. The second-order valence-electron chi connectivity index (χ2n) is 2.77. The Morgan fingerprint density at radius 2 is 1.71 bits per heavy atom. The Kier molecular flexibility index (Phi) is 2.07. The van der Waals surface area contributed by atoms with Crippen LogP contribution in [0.25, 0.3) is 0 Å². The minimum Gasteiger partial charge on any atom is -0.0877 e. The maximum absolute atomic E-state index is 3.59. The molecule has 0 aromatic rings. The molecule has 1 radical (unpaired) electrons. The normalized spacial score (nSPS) is 13.1. The molecule has 0 aliphatic rings. The van der Waals surface area contributed by atoms with E-state index in [0.29, 0.717) is 5.41 Å². The molecule has 0 aliphatic carbocycles. The maximum Gasteiger partial charge on any atom is -0.0203 e. The lowest BCUT2D eigenvalue weighted by Crippen LogP contribution is -1.97. The van der Waals surface area contributed by atoms with Gasteiger partial charge in [-0.3, -0.25) is 0 Å². The Morgan fingerprint density at radius 1 is 1.29 bits per heavy atom. The van der Waals surface area contributed by atoms with Crippen molar-refractivity contribution in [1.29, 1.82) is 0 Å². The molecule has 0 aromatic carbocycles. The van der Waals surface area contributed by atoms with Crippen LogP contribution in [0.15, 0.2) is 12.2 Å². The molecule has 0 atom stereocenters. The molecule has 0 aromatic heterocycles. The molecule has 0 heteroatoms. The predicted octanol–water partition coefficient (Wildman–Crippen LogP) is 2.42. The van der Waals surface area contributed by atoms with E-state index in [4.69, 9.17) is 0 Å². The Balaban J connectivity index is 3.56. The summed E-state index contributed by atoms with van der Waals surface area (Å²) >= 11 is 0. The van der Waals surface area contributed by atoms with Gasteiger partial charge in [0.15, 0.2) is 0 Å². The summed E-state index contributed by atoms with van der Waals surface area (Å²) in [6.45, 7) is 10.0. The molecule has 0 N–H and O–H groups in total. The zero-order chi connectivity index (χ0) is 5.91. The van der Waals surface area contributed by atoms with Crippen molar-refractivity contribution >= 4 is 0 Å². The fraction of sp³-hybridized carbons (Fsp3) is 0.571. The Bertz CT molecular complexity index is 62.6. The van der Waals surface area contributed by atoms with Crippen LogP contribution >= 0.6 is 0 Å². The van der Waals surface area contributed by atoms with Crippen LogP contribution in [0, 0.1) is 12.3 Å². The summed E-state index contributed by atoms with van der Waals surface area (Å²) in [5.41, 5.74) is 0.307. The van der Waals surface area contributed by atoms with Gasteiger partial charge in [0.25, 0.3) is 0 Å². The molecule has 7 heavy (non-hydrogen) atoms. The largest absolute Gasteiger partial charge is 0.0877 e. The third-order valence-corrected chi connectivity index (χ3v) is 0.618. The highest BCUT2D eigenvalue weighted by molar-refractivity contribution is 4.93. The molecule has 0 rings (SSSR count). The average Bonchev–Trinajstić information content (AvgIpc) is 1.30. The van der Waals surface area contributed by atoms with Crippen molar-refractivity contribution in [1.82, 2.24) is 0 Å². The summed E-state index contributed by atoms with van der Waals surface area (Å²) in [7, 11) is 0. The SMILES string of the molecule is [CH2]C=CC(C)(C)C. The number of hydrogen-bond acceptors (Lipinski definition) is 0. The quantitative estimate of drug-likeness (QED) is 0.435. The van der Waals surface area contributed by atoms with Gasteiger partial charge in [-0.1, -0.05) is 32.9 Å². The lowest BCUT2D eigenvalue weighted by Gasteiger charge is -2.09. The molecule has 0 nitrogen and oxygen atoms in total. The lowest BCUT2D eigenvalue weighted by molar-refractivity contribution is 0.544. The van der Waals surface area contributed by atoms with Crippen molar-refractivity contribution in [3.05, 3.63) is 19.1 Å². The van der Waals surface area contributed by atoms with Crippen LogP contribution in [0.3, 0.4) is 0 Å². The second-order valence-corrected chi connectivity index (χ2v) is 2.77. The van der Waals surface area contributed by atoms with Gasteiger partial charge < -0.3 is 0 Å². The number of rotatable bonds is 0. The van der Waals surface area contributed by atoms with Gasteiger partial charge in [-0.05, 0) is 12.3 Å². The minimum atomic E-state index is 0.307. The van der Waals surface area contributed by atoms with Crippen LogP contribution in [-0.4, -0.2) is 0 Å². The van der Waals surface area contributed by atoms with Crippen LogP contribution < -0.4 is 0 Å². The summed E-state index contributed by atoms with van der Waals surface area (Å²) in [4.78, 5) is 0. The smallest absolute Gasteiger partial charge is 0.0203 e. The molecule has 41 valence electrons. The van der Waals surface area contributed by atoms with Crippen LogP contribution in [0.2, 0.25) is 0 Å². The summed E-state index contributed by atoms with van der Waals surface area (Å²) in [5, 5.41) is 0. The number of hydrogen-bond donors (Lipinski definition) is 0. The first-order valence-electron chi connectivity index (χ1n) is 2.53. The van der Waals surface area contributed by atoms with Crippen LogP contribution in [0.1, 0.15) is 20.8 Å². The maximum atomic E-state index is 3.59. The topological polar surface area (TPSA) is 0 Å². The summed E-state index contributed by atoms with van der Waals surface area (Å²) < 4.78 is 0. The summed E-state index contributed by atoms with van der Waals surface area (Å²) in [6, 6.07) is 0. The third-order valence-electron chi connectivity index (χ3n) is 0.618. The Hall–Kier alpha value is -0.260. The van der Waals surface area contributed by atoms with Crippen molar-refractivity contribution in [3.8, 4) is 0 Å². The molecule has 0 fully saturated rings. The Morgan fingerprint density at radius 3 is 1.71 bits per heavy atom. The lowest BCUT2D eigenvalue weighted by atomic mass is 9.97. The fourth-order valence-corrected chi connectivity index (χ4v) is 0.354. The monoisotopic (exact) mass is 97.1 g/mol. The summed E-state index contributed by atoms with van der Waals surface area (Å²) in [5.74, 6) is 0. The van der Waals surface area contributed by atoms with Gasteiger partial charge in [0.1, 0.15) is 0 Å². The highest BCUT2D eigenvalue weighted by atomic mass is 14.1. The first kappa shape index (κ1) is 6.74. The van der Waals surface area contributed by atoms with Crippen molar-refractivity contribution in [2.45, 2.75) is 20.8 Å². The van der Waals surface area contributed by atoms with Crippen molar-refractivity contribution in [2.24, 2.45) is 5.41 Å². The molecule has 0 spiro atoms. The van der Waals surface area contributed by atoms with Gasteiger partial charge in [0, 0.05) is 0 Å². The van der Waals surface area contributed by atoms with E-state index in [1.807, 2.05) is 6.08 Å². The first-order chi connectivity index (χ1) is 3.06. The third kappa shape index (κ3) is 5.74. The fourth-order valence-electron chi connectivity index (χ4n) is 0.354. The van der Waals surface area contributed by atoms with E-state index >= 15 is 0 Å². The second kappa shape index (κ2) is 2.15. The minimum absolute atomic E-state index is 0.307. The van der Waals surface area contributed by atoms with Crippen molar-refractivity contribution in [2.75, 3.05) is 0 Å². The van der Waals surface area contributed by atoms with Gasteiger partial charge in [0.2, 0.25) is 0 Å². The average molecular weight is 97.2 g/mol. The molecule has 0 amide bonds. The molecular weight excluding hydrogens is 84.1 g/mol. The van der Waals surface area contributed by atoms with Gasteiger partial charge in [-0.25, -0.2) is 0 Å². The highest BCUT2D eigenvalue weighted by Gasteiger charge is 2.00. The van der Waals surface area contributed by atoms with E-state index in [0.717, 1.165) is 0 Å². The van der Waals surface area contributed by atoms with Crippen LogP contribution in [0.5, 0.6) is 0 Å². The van der Waals surface area contributed by atoms with E-state index in [-0.39, 0.29) is 0 Å². The first-order valence-corrected chi connectivity index (χ1v) is 2.53. The molecule has 0 aliphatic heterocycles. The molecule has 0 heterocycles. The van der Waals surface area contributed by atoms with E-state index in [1.54, 1.807) is 0 Å². The molecule has 0 saturated carbocycles. The standard InChI is InChI=1S/C7H13/c1-5-6-7(2,3)4/h5-6H,1H2,2-4H3. The zero-order valence-corrected chi connectivity index (χ0v) is 5.36. The van der Waals surface area contributed by atoms with Crippen molar-refractivity contribution in [3.63, 3.8) is 0 Å².